The Balaban J connectivity index is 1.63. The van der Waals surface area contributed by atoms with Crippen molar-refractivity contribution in [2.24, 2.45) is 0 Å². The average molecular weight is 283 g/mol. The second-order valence-electron chi connectivity index (χ2n) is 5.06. The van der Waals surface area contributed by atoms with Gasteiger partial charge in [-0.3, -0.25) is 4.79 Å². The molecule has 5 heteroatoms. The molecule has 0 saturated carbocycles. The van der Waals surface area contributed by atoms with Crippen molar-refractivity contribution in [3.63, 3.8) is 0 Å². The summed E-state index contributed by atoms with van der Waals surface area (Å²) in [6, 6.07) is 13.4. The summed E-state index contributed by atoms with van der Waals surface area (Å²) in [5, 5.41) is 11.0. The van der Waals surface area contributed by atoms with Crippen LogP contribution in [0.1, 0.15) is 10.4 Å². The molecule has 1 aliphatic rings. The minimum atomic E-state index is -0.0108. The fourth-order valence-electron chi connectivity index (χ4n) is 2.54. The van der Waals surface area contributed by atoms with E-state index < -0.39 is 0 Å². The van der Waals surface area contributed by atoms with Crippen molar-refractivity contribution in [1.29, 1.82) is 0 Å². The molecule has 1 aromatic heterocycles. The van der Waals surface area contributed by atoms with Gasteiger partial charge in [-0.25, -0.2) is 0 Å². The Hall–Kier alpha value is -2.56. The summed E-state index contributed by atoms with van der Waals surface area (Å²) in [5.74, 6) is -0.0108. The van der Waals surface area contributed by atoms with Gasteiger partial charge in [0, 0.05) is 44.0 Å². The van der Waals surface area contributed by atoms with E-state index in [2.05, 4.69) is 17.0 Å². The first kappa shape index (κ1) is 13.4. The zero-order chi connectivity index (χ0) is 14.7. The molecular formula is C16H17N3O2. The summed E-state index contributed by atoms with van der Waals surface area (Å²) in [6.07, 6.45) is 2.71. The standard InChI is InChI=1S/C16H17N3O2/c20-16(14-6-8-19(21)9-7-14)18-12-10-17(11-13-18)15-4-2-1-3-5-15/h1-9H,10-13H2. The highest BCUT2D eigenvalue weighted by Gasteiger charge is 2.22. The Kier molecular flexibility index (Phi) is 3.73. The number of para-hydroxylation sites is 1. The minimum Gasteiger partial charge on any atom is -0.619 e. The number of aromatic nitrogens is 1. The van der Waals surface area contributed by atoms with E-state index in [1.54, 1.807) is 12.1 Å². The van der Waals surface area contributed by atoms with Gasteiger partial charge in [-0.1, -0.05) is 18.2 Å². The van der Waals surface area contributed by atoms with E-state index in [-0.39, 0.29) is 5.91 Å². The highest BCUT2D eigenvalue weighted by molar-refractivity contribution is 5.94. The smallest absolute Gasteiger partial charge is 0.254 e. The van der Waals surface area contributed by atoms with E-state index in [1.165, 1.54) is 18.1 Å². The van der Waals surface area contributed by atoms with E-state index in [1.807, 2.05) is 23.1 Å². The average Bonchev–Trinajstić information content (AvgIpc) is 2.56. The van der Waals surface area contributed by atoms with Crippen LogP contribution in [0.5, 0.6) is 0 Å². The van der Waals surface area contributed by atoms with Crippen LogP contribution in [0.3, 0.4) is 0 Å². The summed E-state index contributed by atoms with van der Waals surface area (Å²) in [5.41, 5.74) is 1.76. The first-order valence-corrected chi connectivity index (χ1v) is 7.02. The predicted molar refractivity (Wildman–Crippen MR) is 80.0 cm³/mol. The molecule has 0 atom stereocenters. The summed E-state index contributed by atoms with van der Waals surface area (Å²) >= 11 is 0. The third kappa shape index (κ3) is 2.97. The van der Waals surface area contributed by atoms with Gasteiger partial charge in [-0.05, 0) is 12.1 Å². The predicted octanol–water partition coefficient (Wildman–Crippen LogP) is 1.28. The molecule has 0 radical (unpaired) electrons. The van der Waals surface area contributed by atoms with E-state index in [4.69, 9.17) is 0 Å². The first-order chi connectivity index (χ1) is 10.2. The molecule has 2 heterocycles. The SMILES string of the molecule is O=C(c1cc[n+]([O-])cc1)N1CCN(c2ccccc2)CC1. The lowest BCUT2D eigenvalue weighted by Gasteiger charge is -2.36. The molecule has 21 heavy (non-hydrogen) atoms. The van der Waals surface area contributed by atoms with Crippen LogP contribution in [0.25, 0.3) is 0 Å². The summed E-state index contributed by atoms with van der Waals surface area (Å²) < 4.78 is 0.685. The van der Waals surface area contributed by atoms with Gasteiger partial charge in [0.1, 0.15) is 0 Å². The maximum Gasteiger partial charge on any atom is 0.254 e. The molecule has 0 N–H and O–H groups in total. The van der Waals surface area contributed by atoms with Gasteiger partial charge in [0.05, 0.1) is 5.56 Å². The number of rotatable bonds is 2. The second-order valence-corrected chi connectivity index (χ2v) is 5.06. The fourth-order valence-corrected chi connectivity index (χ4v) is 2.54. The number of carbonyl (C=O) groups excluding carboxylic acids is 1. The van der Waals surface area contributed by atoms with Crippen LogP contribution in [0.15, 0.2) is 54.9 Å². The van der Waals surface area contributed by atoms with Crippen molar-refractivity contribution in [2.45, 2.75) is 0 Å². The maximum absolute atomic E-state index is 12.4. The van der Waals surface area contributed by atoms with Gasteiger partial charge in [-0.2, -0.15) is 4.73 Å². The molecule has 1 aliphatic heterocycles. The Morgan fingerprint density at radius 3 is 2.19 bits per heavy atom. The molecule has 0 spiro atoms. The highest BCUT2D eigenvalue weighted by atomic mass is 16.5. The van der Waals surface area contributed by atoms with Crippen LogP contribution in [-0.2, 0) is 0 Å². The second kappa shape index (κ2) is 5.83. The molecule has 2 aromatic rings. The number of hydrogen-bond acceptors (Lipinski definition) is 3. The lowest BCUT2D eigenvalue weighted by molar-refractivity contribution is -0.605. The fraction of sp³-hybridized carbons (Fsp3) is 0.250. The Labute approximate surface area is 123 Å². The molecule has 0 unspecified atom stereocenters. The van der Waals surface area contributed by atoms with Crippen molar-refractivity contribution in [1.82, 2.24) is 4.90 Å². The van der Waals surface area contributed by atoms with E-state index in [0.717, 1.165) is 13.1 Å². The third-order valence-corrected chi connectivity index (χ3v) is 3.74. The molecule has 1 fully saturated rings. The van der Waals surface area contributed by atoms with Gasteiger partial charge < -0.3 is 15.0 Å². The minimum absolute atomic E-state index is 0.0108. The largest absolute Gasteiger partial charge is 0.619 e. The van der Waals surface area contributed by atoms with Crippen LogP contribution in [0.4, 0.5) is 5.69 Å². The topological polar surface area (TPSA) is 50.5 Å². The molecule has 0 bridgehead atoms. The zero-order valence-corrected chi connectivity index (χ0v) is 11.7. The number of pyridine rings is 1. The quantitative estimate of drug-likeness (QED) is 0.616. The normalized spacial score (nSPS) is 15.0. The van der Waals surface area contributed by atoms with Crippen molar-refractivity contribution in [3.05, 3.63) is 65.6 Å². The molecule has 0 aliphatic carbocycles. The lowest BCUT2D eigenvalue weighted by atomic mass is 10.2. The Morgan fingerprint density at radius 1 is 0.952 bits per heavy atom. The maximum atomic E-state index is 12.4. The number of nitrogens with zero attached hydrogens (tertiary/aromatic N) is 3. The van der Waals surface area contributed by atoms with Crippen molar-refractivity contribution in [2.75, 3.05) is 31.1 Å². The van der Waals surface area contributed by atoms with E-state index in [0.29, 0.717) is 23.4 Å². The third-order valence-electron chi connectivity index (χ3n) is 3.74. The summed E-state index contributed by atoms with van der Waals surface area (Å²) in [7, 11) is 0. The number of piperazine rings is 1. The van der Waals surface area contributed by atoms with Crippen LogP contribution >= 0.6 is 0 Å². The first-order valence-electron chi connectivity index (χ1n) is 7.02. The van der Waals surface area contributed by atoms with E-state index in [9.17, 15) is 10.0 Å². The van der Waals surface area contributed by atoms with Crippen molar-refractivity contribution < 1.29 is 9.52 Å². The van der Waals surface area contributed by atoms with Crippen LogP contribution < -0.4 is 9.63 Å². The van der Waals surface area contributed by atoms with Gasteiger partial charge in [0.15, 0.2) is 12.4 Å². The van der Waals surface area contributed by atoms with Gasteiger partial charge in [0.25, 0.3) is 5.91 Å². The monoisotopic (exact) mass is 283 g/mol. The molecule has 1 saturated heterocycles. The van der Waals surface area contributed by atoms with Crippen molar-refractivity contribution >= 4 is 11.6 Å². The molecule has 3 rings (SSSR count). The molecule has 108 valence electrons. The van der Waals surface area contributed by atoms with Gasteiger partial charge in [-0.15, -0.1) is 0 Å². The number of amides is 1. The van der Waals surface area contributed by atoms with Gasteiger partial charge in [0.2, 0.25) is 0 Å². The lowest BCUT2D eigenvalue weighted by Crippen LogP contribution is -2.48. The molecule has 1 aromatic carbocycles. The molecular weight excluding hydrogens is 266 g/mol. The summed E-state index contributed by atoms with van der Waals surface area (Å²) in [4.78, 5) is 16.5. The molecule has 5 nitrogen and oxygen atoms in total. The van der Waals surface area contributed by atoms with E-state index >= 15 is 0 Å². The van der Waals surface area contributed by atoms with Gasteiger partial charge >= 0.3 is 0 Å². The Bertz CT molecular complexity index is 605. The number of hydrogen-bond donors (Lipinski definition) is 0. The van der Waals surface area contributed by atoms with Crippen molar-refractivity contribution in [3.8, 4) is 0 Å². The zero-order valence-electron chi connectivity index (χ0n) is 11.7. The number of carbonyl (C=O) groups is 1. The van der Waals surface area contributed by atoms with Crippen LogP contribution in [0.2, 0.25) is 0 Å². The summed E-state index contributed by atoms with van der Waals surface area (Å²) in [6.45, 7) is 3.04. The van der Waals surface area contributed by atoms with Crippen LogP contribution in [0, 0.1) is 5.21 Å². The number of anilines is 1. The number of benzene rings is 1. The molecule has 1 amide bonds. The highest BCUT2D eigenvalue weighted by Crippen LogP contribution is 2.16. The Morgan fingerprint density at radius 2 is 1.57 bits per heavy atom. The van der Waals surface area contributed by atoms with Crippen LogP contribution in [-0.4, -0.2) is 37.0 Å².